The molecule has 7 heteroatoms. The van der Waals surface area contributed by atoms with Crippen LogP contribution in [0.5, 0.6) is 0 Å². The standard InChI is InChI=1S/C18H15N5OS/c1-12(17-20-21-22-23(17)14-8-3-2-4-9-14)19-18(24)16-11-13-7-5-6-10-15(13)25-16/h2-12H,1H3,(H,19,24)/t12-/m0/s1. The zero-order chi connectivity index (χ0) is 17.2. The Hall–Kier alpha value is -3.06. The molecule has 124 valence electrons. The Morgan fingerprint density at radius 3 is 2.68 bits per heavy atom. The van der Waals surface area contributed by atoms with Gasteiger partial charge >= 0.3 is 0 Å². The first kappa shape index (κ1) is 15.5. The van der Waals surface area contributed by atoms with E-state index in [1.807, 2.05) is 67.6 Å². The number of rotatable bonds is 4. The second-order valence-electron chi connectivity index (χ2n) is 5.63. The molecular formula is C18H15N5OS. The molecule has 1 atom stereocenters. The van der Waals surface area contributed by atoms with Gasteiger partial charge in [-0.05, 0) is 47.0 Å². The second-order valence-corrected chi connectivity index (χ2v) is 6.71. The van der Waals surface area contributed by atoms with E-state index in [-0.39, 0.29) is 11.9 Å². The van der Waals surface area contributed by atoms with Crippen LogP contribution in [0.25, 0.3) is 15.8 Å². The number of nitrogens with one attached hydrogen (secondary N) is 1. The lowest BCUT2D eigenvalue weighted by atomic mass is 10.2. The van der Waals surface area contributed by atoms with E-state index in [0.29, 0.717) is 10.7 Å². The number of aromatic nitrogens is 4. The van der Waals surface area contributed by atoms with Crippen LogP contribution in [0, 0.1) is 0 Å². The lowest BCUT2D eigenvalue weighted by Gasteiger charge is -2.13. The van der Waals surface area contributed by atoms with Crippen molar-refractivity contribution in [1.82, 2.24) is 25.5 Å². The molecule has 0 aliphatic heterocycles. The molecule has 4 aromatic rings. The number of carbonyl (C=O) groups excluding carboxylic acids is 1. The number of benzene rings is 2. The molecule has 0 aliphatic carbocycles. The normalized spacial score (nSPS) is 12.2. The van der Waals surface area contributed by atoms with Crippen molar-refractivity contribution in [3.05, 3.63) is 71.4 Å². The van der Waals surface area contributed by atoms with E-state index in [1.54, 1.807) is 4.68 Å². The molecule has 0 spiro atoms. The molecule has 0 unspecified atom stereocenters. The van der Waals surface area contributed by atoms with Crippen LogP contribution in [0.2, 0.25) is 0 Å². The van der Waals surface area contributed by atoms with Crippen molar-refractivity contribution in [3.8, 4) is 5.69 Å². The first-order chi connectivity index (χ1) is 12.2. The summed E-state index contributed by atoms with van der Waals surface area (Å²) >= 11 is 1.47. The van der Waals surface area contributed by atoms with Gasteiger partial charge in [0.15, 0.2) is 5.82 Å². The fraction of sp³-hybridized carbons (Fsp3) is 0.111. The fourth-order valence-corrected chi connectivity index (χ4v) is 3.61. The maximum atomic E-state index is 12.6. The molecule has 0 aliphatic rings. The van der Waals surface area contributed by atoms with Gasteiger partial charge in [0.1, 0.15) is 0 Å². The van der Waals surface area contributed by atoms with Crippen molar-refractivity contribution in [2.24, 2.45) is 0 Å². The number of hydrogen-bond donors (Lipinski definition) is 1. The summed E-state index contributed by atoms with van der Waals surface area (Å²) < 4.78 is 2.73. The first-order valence-corrected chi connectivity index (χ1v) is 8.67. The molecule has 1 amide bonds. The Morgan fingerprint density at radius 2 is 1.88 bits per heavy atom. The molecule has 1 N–H and O–H groups in total. The summed E-state index contributed by atoms with van der Waals surface area (Å²) in [5.41, 5.74) is 0.852. The minimum absolute atomic E-state index is 0.128. The van der Waals surface area contributed by atoms with E-state index in [4.69, 9.17) is 0 Å². The molecule has 6 nitrogen and oxygen atoms in total. The Balaban J connectivity index is 1.57. The minimum Gasteiger partial charge on any atom is -0.342 e. The summed E-state index contributed by atoms with van der Waals surface area (Å²) in [4.78, 5) is 13.3. The number of carbonyl (C=O) groups is 1. The van der Waals surface area contributed by atoms with Gasteiger partial charge in [-0.1, -0.05) is 36.4 Å². The van der Waals surface area contributed by atoms with Crippen LogP contribution in [-0.4, -0.2) is 26.1 Å². The topological polar surface area (TPSA) is 72.7 Å². The zero-order valence-corrected chi connectivity index (χ0v) is 14.3. The number of tetrazole rings is 1. The molecule has 0 bridgehead atoms. The van der Waals surface area contributed by atoms with Gasteiger partial charge in [0, 0.05) is 4.70 Å². The van der Waals surface area contributed by atoms with Gasteiger partial charge < -0.3 is 5.32 Å². The number of hydrogen-bond acceptors (Lipinski definition) is 5. The van der Waals surface area contributed by atoms with E-state index in [1.165, 1.54) is 11.3 Å². The smallest absolute Gasteiger partial charge is 0.261 e. The van der Waals surface area contributed by atoms with E-state index in [9.17, 15) is 4.79 Å². The van der Waals surface area contributed by atoms with Gasteiger partial charge in [0.2, 0.25) is 0 Å². The monoisotopic (exact) mass is 349 g/mol. The van der Waals surface area contributed by atoms with Gasteiger partial charge in [0.25, 0.3) is 5.91 Å². The predicted octanol–water partition coefficient (Wildman–Crippen LogP) is 3.37. The number of amides is 1. The number of thiophene rings is 1. The molecule has 25 heavy (non-hydrogen) atoms. The SMILES string of the molecule is C[C@H](NC(=O)c1cc2ccccc2s1)c1nnnn1-c1ccccc1. The highest BCUT2D eigenvalue weighted by Gasteiger charge is 2.19. The van der Waals surface area contributed by atoms with Crippen LogP contribution < -0.4 is 5.32 Å². The zero-order valence-electron chi connectivity index (χ0n) is 13.5. The Morgan fingerprint density at radius 1 is 1.12 bits per heavy atom. The Bertz CT molecular complexity index is 991. The average Bonchev–Trinajstić information content (AvgIpc) is 3.29. The summed E-state index contributed by atoms with van der Waals surface area (Å²) in [6.07, 6.45) is 0. The van der Waals surface area contributed by atoms with Crippen LogP contribution in [0.1, 0.15) is 28.5 Å². The van der Waals surface area contributed by atoms with Gasteiger partial charge in [-0.2, -0.15) is 4.68 Å². The quantitative estimate of drug-likeness (QED) is 0.613. The summed E-state index contributed by atoms with van der Waals surface area (Å²) in [7, 11) is 0. The molecule has 2 aromatic carbocycles. The molecule has 0 radical (unpaired) electrons. The van der Waals surface area contributed by atoms with Gasteiger partial charge in [0.05, 0.1) is 16.6 Å². The van der Waals surface area contributed by atoms with Crippen molar-refractivity contribution in [2.45, 2.75) is 13.0 Å². The first-order valence-electron chi connectivity index (χ1n) is 7.85. The van der Waals surface area contributed by atoms with E-state index < -0.39 is 0 Å². The predicted molar refractivity (Wildman–Crippen MR) is 96.9 cm³/mol. The summed E-state index contributed by atoms with van der Waals surface area (Å²) in [5, 5.41) is 15.9. The summed E-state index contributed by atoms with van der Waals surface area (Å²) in [6.45, 7) is 1.87. The highest BCUT2D eigenvalue weighted by atomic mass is 32.1. The lowest BCUT2D eigenvalue weighted by Crippen LogP contribution is -2.28. The third-order valence-electron chi connectivity index (χ3n) is 3.88. The lowest BCUT2D eigenvalue weighted by molar-refractivity contribution is 0.0942. The molecular weight excluding hydrogens is 334 g/mol. The summed E-state index contributed by atoms with van der Waals surface area (Å²) in [5.74, 6) is 0.456. The van der Waals surface area contributed by atoms with Crippen LogP contribution in [0.15, 0.2) is 60.7 Å². The van der Waals surface area contributed by atoms with Crippen molar-refractivity contribution in [2.75, 3.05) is 0 Å². The van der Waals surface area contributed by atoms with Crippen LogP contribution in [0.3, 0.4) is 0 Å². The maximum absolute atomic E-state index is 12.6. The molecule has 0 fully saturated rings. The van der Waals surface area contributed by atoms with Crippen molar-refractivity contribution < 1.29 is 4.79 Å². The van der Waals surface area contributed by atoms with Gasteiger partial charge in [-0.3, -0.25) is 4.79 Å². The van der Waals surface area contributed by atoms with Crippen LogP contribution >= 0.6 is 11.3 Å². The second kappa shape index (κ2) is 6.45. The molecule has 0 saturated heterocycles. The number of fused-ring (bicyclic) bond motifs is 1. The summed E-state index contributed by atoms with van der Waals surface area (Å²) in [6, 6.07) is 19.1. The molecule has 0 saturated carbocycles. The fourth-order valence-electron chi connectivity index (χ4n) is 2.64. The highest BCUT2D eigenvalue weighted by Crippen LogP contribution is 2.25. The third kappa shape index (κ3) is 3.01. The Kier molecular flexibility index (Phi) is 3.99. The molecule has 4 rings (SSSR count). The Labute approximate surface area is 148 Å². The molecule has 2 heterocycles. The van der Waals surface area contributed by atoms with E-state index in [2.05, 4.69) is 20.8 Å². The van der Waals surface area contributed by atoms with Crippen molar-refractivity contribution in [1.29, 1.82) is 0 Å². The van der Waals surface area contributed by atoms with Crippen LogP contribution in [-0.2, 0) is 0 Å². The molecule has 2 aromatic heterocycles. The maximum Gasteiger partial charge on any atom is 0.261 e. The van der Waals surface area contributed by atoms with Crippen LogP contribution in [0.4, 0.5) is 0 Å². The minimum atomic E-state index is -0.326. The average molecular weight is 349 g/mol. The highest BCUT2D eigenvalue weighted by molar-refractivity contribution is 7.20. The number of nitrogens with zero attached hydrogens (tertiary/aromatic N) is 4. The van der Waals surface area contributed by atoms with Crippen molar-refractivity contribution >= 4 is 27.3 Å². The number of para-hydroxylation sites is 1. The third-order valence-corrected chi connectivity index (χ3v) is 4.99. The van der Waals surface area contributed by atoms with Gasteiger partial charge in [-0.25, -0.2) is 0 Å². The van der Waals surface area contributed by atoms with Gasteiger partial charge in [-0.15, -0.1) is 16.4 Å². The van der Waals surface area contributed by atoms with E-state index in [0.717, 1.165) is 15.8 Å². The largest absolute Gasteiger partial charge is 0.342 e. The van der Waals surface area contributed by atoms with E-state index >= 15 is 0 Å². The van der Waals surface area contributed by atoms with Crippen molar-refractivity contribution in [3.63, 3.8) is 0 Å².